The second-order valence-electron chi connectivity index (χ2n) is 11.2. The lowest BCUT2D eigenvalue weighted by Gasteiger charge is -2.41. The second-order valence-corrected chi connectivity index (χ2v) is 12.1. The molecule has 5 nitrogen and oxygen atoms in total. The maximum absolute atomic E-state index is 13.4. The Bertz CT molecular complexity index is 1080. The maximum atomic E-state index is 13.4. The second kappa shape index (κ2) is 12.8. The molecular formula is C31H41Cl2N3O2. The lowest BCUT2D eigenvalue weighted by atomic mass is 9.72. The molecule has 3 atom stereocenters. The molecular weight excluding hydrogens is 517 g/mol. The van der Waals surface area contributed by atoms with Crippen molar-refractivity contribution in [2.45, 2.75) is 69.5 Å². The summed E-state index contributed by atoms with van der Waals surface area (Å²) in [5.74, 6) is 0.879. The first-order valence-electron chi connectivity index (χ1n) is 13.8. The minimum atomic E-state index is -0.940. The third kappa shape index (κ3) is 6.38. The zero-order valence-corrected chi connectivity index (χ0v) is 24.6. The lowest BCUT2D eigenvalue weighted by Crippen LogP contribution is -2.54. The van der Waals surface area contributed by atoms with Crippen molar-refractivity contribution in [1.29, 1.82) is 0 Å². The van der Waals surface area contributed by atoms with Gasteiger partial charge in [0.15, 0.2) is 5.54 Å². The number of rotatable bonds is 10. The van der Waals surface area contributed by atoms with Crippen molar-refractivity contribution >= 4 is 35.5 Å². The first-order valence-corrected chi connectivity index (χ1v) is 14.6. The van der Waals surface area contributed by atoms with Crippen LogP contribution in [0.3, 0.4) is 0 Å². The molecule has 7 heteroatoms. The van der Waals surface area contributed by atoms with Gasteiger partial charge in [-0.2, -0.15) is 0 Å². The summed E-state index contributed by atoms with van der Waals surface area (Å²) in [6.07, 6.45) is 8.97. The van der Waals surface area contributed by atoms with Crippen LogP contribution < -0.4 is 0 Å². The highest BCUT2D eigenvalue weighted by atomic mass is 35.5. The quantitative estimate of drug-likeness (QED) is 0.293. The molecule has 38 heavy (non-hydrogen) atoms. The van der Waals surface area contributed by atoms with E-state index in [0.29, 0.717) is 29.3 Å². The molecule has 206 valence electrons. The number of methoxy groups -OCH3 is 1. The third-order valence-electron chi connectivity index (χ3n) is 8.46. The molecule has 4 rings (SSSR count). The molecule has 2 aliphatic rings. The van der Waals surface area contributed by atoms with Crippen molar-refractivity contribution in [3.8, 4) is 0 Å². The van der Waals surface area contributed by atoms with E-state index in [2.05, 4.69) is 43.0 Å². The van der Waals surface area contributed by atoms with E-state index >= 15 is 0 Å². The molecule has 1 fully saturated rings. The summed E-state index contributed by atoms with van der Waals surface area (Å²) in [5, 5.41) is 1.46. The van der Waals surface area contributed by atoms with E-state index in [0.717, 1.165) is 42.8 Å². The molecule has 2 aromatic carbocycles. The molecule has 1 aliphatic heterocycles. The summed E-state index contributed by atoms with van der Waals surface area (Å²) in [5.41, 5.74) is 1.43. The molecule has 0 amide bonds. The summed E-state index contributed by atoms with van der Waals surface area (Å²) in [6.45, 7) is 3.05. The topological polar surface area (TPSA) is 45.1 Å². The molecule has 3 unspecified atom stereocenters. The van der Waals surface area contributed by atoms with Crippen LogP contribution in [0.2, 0.25) is 10.0 Å². The number of esters is 1. The van der Waals surface area contributed by atoms with Crippen molar-refractivity contribution in [1.82, 2.24) is 9.80 Å². The van der Waals surface area contributed by atoms with Crippen molar-refractivity contribution in [3.05, 3.63) is 69.7 Å². The van der Waals surface area contributed by atoms with Gasteiger partial charge >= 0.3 is 5.97 Å². The number of hydrogen-bond acceptors (Lipinski definition) is 5. The highest BCUT2D eigenvalue weighted by Crippen LogP contribution is 2.43. The number of halogens is 2. The zero-order valence-electron chi connectivity index (χ0n) is 23.1. The van der Waals surface area contributed by atoms with Crippen LogP contribution in [0, 0.1) is 11.8 Å². The summed E-state index contributed by atoms with van der Waals surface area (Å²) in [6, 6.07) is 16.4. The predicted octanol–water partition coefficient (Wildman–Crippen LogP) is 7.07. The Hall–Kier alpha value is -2.08. The minimum absolute atomic E-state index is 0.0203. The molecule has 0 saturated heterocycles. The Morgan fingerprint density at radius 3 is 2.21 bits per heavy atom. The number of aliphatic imine (C=N–C) groups is 1. The fraction of sp³-hybridized carbons (Fsp3) is 0.548. The Balaban J connectivity index is 1.51. The molecule has 0 N–H and O–H groups in total. The summed E-state index contributed by atoms with van der Waals surface area (Å²) in [4.78, 5) is 22.9. The molecule has 1 aliphatic carbocycles. The normalized spacial score (nSPS) is 26.1. The van der Waals surface area contributed by atoms with E-state index in [1.807, 2.05) is 42.7 Å². The molecule has 0 bridgehead atoms. The Morgan fingerprint density at radius 1 is 1.05 bits per heavy atom. The van der Waals surface area contributed by atoms with Crippen LogP contribution in [-0.2, 0) is 16.0 Å². The van der Waals surface area contributed by atoms with E-state index < -0.39 is 5.54 Å². The van der Waals surface area contributed by atoms with Crippen molar-refractivity contribution < 1.29 is 9.53 Å². The van der Waals surface area contributed by atoms with Gasteiger partial charge in [-0.05, 0) is 87.0 Å². The standard InChI is InChI=1S/C31H41Cl2N3O2/c1-5-18-36-21-34-31(30(37)38-4,20-23-8-14-26(32)15-9-23)28(36)19-22-6-10-24(11-7-22)29(35(2)3)25-12-16-27(33)17-13-25/h8-9,12-17,21-22,24,28-29H,5-7,10-11,18-20H2,1-4H3. The SMILES string of the molecule is CCCN1C=NC(Cc2ccc(Cl)cc2)(C(=O)OC)C1CC1CCC(C(c2ccc(Cl)cc2)N(C)C)CC1. The first-order chi connectivity index (χ1) is 18.3. The lowest BCUT2D eigenvalue weighted by molar-refractivity contribution is -0.148. The van der Waals surface area contributed by atoms with E-state index in [9.17, 15) is 4.79 Å². The van der Waals surface area contributed by atoms with Crippen molar-refractivity contribution in [3.63, 3.8) is 0 Å². The van der Waals surface area contributed by atoms with Gasteiger partial charge in [-0.3, -0.25) is 4.99 Å². The van der Waals surface area contributed by atoms with Crippen LogP contribution in [0.25, 0.3) is 0 Å². The average Bonchev–Trinajstić information content (AvgIpc) is 3.24. The number of hydrogen-bond donors (Lipinski definition) is 0. The van der Waals surface area contributed by atoms with Gasteiger partial charge in [0, 0.05) is 29.1 Å². The van der Waals surface area contributed by atoms with E-state index in [-0.39, 0.29) is 12.0 Å². The van der Waals surface area contributed by atoms with Gasteiger partial charge in [-0.25, -0.2) is 4.79 Å². The van der Waals surface area contributed by atoms with E-state index in [1.54, 1.807) is 0 Å². The van der Waals surface area contributed by atoms with Gasteiger partial charge < -0.3 is 14.5 Å². The number of ether oxygens (including phenoxy) is 1. The fourth-order valence-corrected chi connectivity index (χ4v) is 6.89. The van der Waals surface area contributed by atoms with Crippen LogP contribution in [0.5, 0.6) is 0 Å². The number of carbonyl (C=O) groups is 1. The first kappa shape index (κ1) is 28.9. The van der Waals surface area contributed by atoms with Gasteiger partial charge in [0.1, 0.15) is 0 Å². The van der Waals surface area contributed by atoms with Crippen LogP contribution in [0.15, 0.2) is 53.5 Å². The van der Waals surface area contributed by atoms with Gasteiger partial charge in [0.05, 0.1) is 19.5 Å². The number of nitrogens with zero attached hydrogens (tertiary/aromatic N) is 3. The molecule has 1 saturated carbocycles. The number of benzene rings is 2. The summed E-state index contributed by atoms with van der Waals surface area (Å²) < 4.78 is 5.39. The van der Waals surface area contributed by atoms with Crippen LogP contribution in [0.4, 0.5) is 0 Å². The Kier molecular flexibility index (Phi) is 9.78. The summed E-state index contributed by atoms with van der Waals surface area (Å²) in [7, 11) is 5.82. The van der Waals surface area contributed by atoms with Crippen molar-refractivity contribution in [2.75, 3.05) is 27.7 Å². The van der Waals surface area contributed by atoms with Gasteiger partial charge in [-0.1, -0.05) is 67.2 Å². The van der Waals surface area contributed by atoms with Crippen LogP contribution in [-0.4, -0.2) is 61.4 Å². The third-order valence-corrected chi connectivity index (χ3v) is 8.96. The summed E-state index contributed by atoms with van der Waals surface area (Å²) >= 11 is 12.3. The highest BCUT2D eigenvalue weighted by Gasteiger charge is 2.52. The Morgan fingerprint density at radius 2 is 1.66 bits per heavy atom. The minimum Gasteiger partial charge on any atom is -0.467 e. The van der Waals surface area contributed by atoms with Crippen molar-refractivity contribution in [2.24, 2.45) is 16.8 Å². The smallest absolute Gasteiger partial charge is 0.336 e. The van der Waals surface area contributed by atoms with E-state index in [1.165, 1.54) is 25.5 Å². The zero-order chi connectivity index (χ0) is 27.3. The van der Waals surface area contributed by atoms with Gasteiger partial charge in [0.2, 0.25) is 0 Å². The largest absolute Gasteiger partial charge is 0.467 e. The molecule has 0 radical (unpaired) electrons. The molecule has 0 aromatic heterocycles. The molecule has 2 aromatic rings. The predicted molar refractivity (Wildman–Crippen MR) is 157 cm³/mol. The maximum Gasteiger partial charge on any atom is 0.336 e. The number of carbonyl (C=O) groups excluding carboxylic acids is 1. The highest BCUT2D eigenvalue weighted by molar-refractivity contribution is 6.30. The van der Waals surface area contributed by atoms with E-state index in [4.69, 9.17) is 32.9 Å². The van der Waals surface area contributed by atoms with Gasteiger partial charge in [-0.15, -0.1) is 0 Å². The monoisotopic (exact) mass is 557 g/mol. The molecule has 1 heterocycles. The van der Waals surface area contributed by atoms with Crippen LogP contribution in [0.1, 0.15) is 62.6 Å². The Labute approximate surface area is 238 Å². The van der Waals surface area contributed by atoms with Crippen LogP contribution >= 0.6 is 23.2 Å². The fourth-order valence-electron chi connectivity index (χ4n) is 6.64. The van der Waals surface area contributed by atoms with Gasteiger partial charge in [0.25, 0.3) is 0 Å². The average molecular weight is 559 g/mol. The molecule has 0 spiro atoms.